The van der Waals surface area contributed by atoms with E-state index in [1.807, 2.05) is 18.2 Å². The number of nitrogens with zero attached hydrogens (tertiary/aromatic N) is 2. The van der Waals surface area contributed by atoms with E-state index in [9.17, 15) is 14.4 Å². The minimum atomic E-state index is -0.374. The molecule has 0 saturated carbocycles. The van der Waals surface area contributed by atoms with Crippen LogP contribution in [0.25, 0.3) is 0 Å². The van der Waals surface area contributed by atoms with Gasteiger partial charge in [0.2, 0.25) is 11.8 Å². The molecule has 7 nitrogen and oxygen atoms in total. The van der Waals surface area contributed by atoms with Crippen LogP contribution in [0, 0.1) is 0 Å². The van der Waals surface area contributed by atoms with E-state index in [1.165, 1.54) is 16.9 Å². The highest BCUT2D eigenvalue weighted by Crippen LogP contribution is 2.09. The van der Waals surface area contributed by atoms with E-state index in [4.69, 9.17) is 0 Å². The van der Waals surface area contributed by atoms with Crippen LogP contribution < -0.4 is 10.6 Å². The van der Waals surface area contributed by atoms with E-state index in [-0.39, 0.29) is 30.8 Å². The maximum absolute atomic E-state index is 12.3. The summed E-state index contributed by atoms with van der Waals surface area (Å²) in [7, 11) is 0. The Balaban J connectivity index is 1.33. The summed E-state index contributed by atoms with van der Waals surface area (Å²) in [5.74, 6) is -0.760. The third kappa shape index (κ3) is 5.90. The molecule has 1 aromatic carbocycles. The van der Waals surface area contributed by atoms with Crippen LogP contribution in [-0.4, -0.2) is 66.8 Å². The predicted molar refractivity (Wildman–Crippen MR) is 108 cm³/mol. The van der Waals surface area contributed by atoms with Gasteiger partial charge in [0.1, 0.15) is 0 Å². The molecule has 28 heavy (non-hydrogen) atoms. The van der Waals surface area contributed by atoms with Crippen molar-refractivity contribution in [3.05, 3.63) is 58.3 Å². The largest absolute Gasteiger partial charge is 0.345 e. The smallest absolute Gasteiger partial charge is 0.261 e. The highest BCUT2D eigenvalue weighted by atomic mass is 32.1. The molecule has 1 fully saturated rings. The number of piperazine rings is 1. The van der Waals surface area contributed by atoms with Gasteiger partial charge in [-0.05, 0) is 17.0 Å². The molecule has 3 rings (SSSR count). The molecule has 3 amide bonds. The van der Waals surface area contributed by atoms with E-state index in [1.54, 1.807) is 22.4 Å². The number of carbonyl (C=O) groups excluding carboxylic acids is 3. The van der Waals surface area contributed by atoms with Gasteiger partial charge in [-0.3, -0.25) is 19.3 Å². The van der Waals surface area contributed by atoms with E-state index >= 15 is 0 Å². The van der Waals surface area contributed by atoms with E-state index in [2.05, 4.69) is 27.7 Å². The summed E-state index contributed by atoms with van der Waals surface area (Å²) in [6.07, 6.45) is 0. The minimum Gasteiger partial charge on any atom is -0.345 e. The second-order valence-corrected chi connectivity index (χ2v) is 7.53. The van der Waals surface area contributed by atoms with Crippen LogP contribution in [0.4, 0.5) is 0 Å². The van der Waals surface area contributed by atoms with Gasteiger partial charge in [-0.25, -0.2) is 0 Å². The number of hydrogen-bond acceptors (Lipinski definition) is 5. The number of nitrogens with one attached hydrogen (secondary N) is 2. The fourth-order valence-corrected chi connectivity index (χ4v) is 3.64. The van der Waals surface area contributed by atoms with Crippen LogP contribution in [-0.2, 0) is 16.1 Å². The van der Waals surface area contributed by atoms with Crippen molar-refractivity contribution in [2.24, 2.45) is 0 Å². The molecule has 1 aromatic heterocycles. The second kappa shape index (κ2) is 10.0. The molecule has 2 heterocycles. The normalized spacial score (nSPS) is 14.5. The number of thiophene rings is 1. The highest BCUT2D eigenvalue weighted by Gasteiger charge is 2.21. The number of carbonyl (C=O) groups is 3. The van der Waals surface area contributed by atoms with Crippen molar-refractivity contribution in [1.29, 1.82) is 0 Å². The van der Waals surface area contributed by atoms with Crippen molar-refractivity contribution in [2.75, 3.05) is 39.3 Å². The molecule has 1 saturated heterocycles. The molecular weight excluding hydrogens is 376 g/mol. The summed E-state index contributed by atoms with van der Waals surface area (Å²) in [5, 5.41) is 6.92. The van der Waals surface area contributed by atoms with Gasteiger partial charge in [0.05, 0.1) is 18.0 Å². The van der Waals surface area contributed by atoms with Crippen molar-refractivity contribution in [3.8, 4) is 0 Å². The van der Waals surface area contributed by atoms with Gasteiger partial charge in [0.25, 0.3) is 5.91 Å². The zero-order valence-corrected chi connectivity index (χ0v) is 16.4. The monoisotopic (exact) mass is 400 g/mol. The number of amides is 3. The molecular formula is C20H24N4O3S. The second-order valence-electron chi connectivity index (χ2n) is 6.58. The molecule has 2 N–H and O–H groups in total. The fourth-order valence-electron chi connectivity index (χ4n) is 3.00. The van der Waals surface area contributed by atoms with Gasteiger partial charge in [-0.2, -0.15) is 0 Å². The van der Waals surface area contributed by atoms with Crippen LogP contribution in [0.15, 0.2) is 47.8 Å². The summed E-state index contributed by atoms with van der Waals surface area (Å²) < 4.78 is 0. The first-order valence-corrected chi connectivity index (χ1v) is 10.1. The molecule has 2 aromatic rings. The standard InChI is InChI=1S/C20H24N4O3S/c25-18(13-22-20(27)17-7-4-12-28-17)21-14-19(26)24-10-8-23(9-11-24)15-16-5-2-1-3-6-16/h1-7,12H,8-11,13-15H2,(H,21,25)(H,22,27). The molecule has 0 unspecified atom stereocenters. The lowest BCUT2D eigenvalue weighted by Crippen LogP contribution is -2.51. The SMILES string of the molecule is O=C(CNC(=O)c1cccs1)NCC(=O)N1CCN(Cc2ccccc2)CC1. The van der Waals surface area contributed by atoms with Gasteiger partial charge in [0.15, 0.2) is 0 Å². The van der Waals surface area contributed by atoms with Gasteiger partial charge >= 0.3 is 0 Å². The molecule has 0 radical (unpaired) electrons. The lowest BCUT2D eigenvalue weighted by molar-refractivity contribution is -0.134. The first kappa shape index (κ1) is 20.0. The first-order chi connectivity index (χ1) is 13.6. The van der Waals surface area contributed by atoms with E-state index in [0.29, 0.717) is 18.0 Å². The molecule has 148 valence electrons. The summed E-state index contributed by atoms with van der Waals surface area (Å²) in [5.41, 5.74) is 1.26. The average molecular weight is 401 g/mol. The molecule has 8 heteroatoms. The van der Waals surface area contributed by atoms with Crippen LogP contribution in [0.3, 0.4) is 0 Å². The van der Waals surface area contributed by atoms with Crippen molar-refractivity contribution >= 4 is 29.1 Å². The van der Waals surface area contributed by atoms with Crippen molar-refractivity contribution in [3.63, 3.8) is 0 Å². The highest BCUT2D eigenvalue weighted by molar-refractivity contribution is 7.12. The van der Waals surface area contributed by atoms with Crippen LogP contribution in [0.5, 0.6) is 0 Å². The lowest BCUT2D eigenvalue weighted by atomic mass is 10.2. The van der Waals surface area contributed by atoms with Gasteiger partial charge in [0, 0.05) is 32.7 Å². The third-order valence-corrected chi connectivity index (χ3v) is 5.43. The quantitative estimate of drug-likeness (QED) is 0.725. The number of rotatable bonds is 7. The zero-order chi connectivity index (χ0) is 19.8. The maximum Gasteiger partial charge on any atom is 0.261 e. The van der Waals surface area contributed by atoms with Gasteiger partial charge in [-0.1, -0.05) is 36.4 Å². The Morgan fingerprint density at radius 1 is 0.893 bits per heavy atom. The molecule has 1 aliphatic rings. The van der Waals surface area contributed by atoms with Crippen LogP contribution in [0.2, 0.25) is 0 Å². The summed E-state index contributed by atoms with van der Waals surface area (Å²) in [6.45, 7) is 3.61. The van der Waals surface area contributed by atoms with Crippen molar-refractivity contribution in [1.82, 2.24) is 20.4 Å². The van der Waals surface area contributed by atoms with Crippen LogP contribution in [0.1, 0.15) is 15.2 Å². The Morgan fingerprint density at radius 2 is 1.64 bits per heavy atom. The van der Waals surface area contributed by atoms with E-state index < -0.39 is 0 Å². The number of benzene rings is 1. The summed E-state index contributed by atoms with van der Waals surface area (Å²) in [4.78, 5) is 40.6. The lowest BCUT2D eigenvalue weighted by Gasteiger charge is -2.34. The maximum atomic E-state index is 12.3. The van der Waals surface area contributed by atoms with Gasteiger partial charge in [-0.15, -0.1) is 11.3 Å². The minimum absolute atomic E-state index is 0.0492. The Kier molecular flexibility index (Phi) is 7.16. The number of hydrogen-bond donors (Lipinski definition) is 2. The Bertz CT molecular complexity index is 787. The van der Waals surface area contributed by atoms with Crippen LogP contribution >= 0.6 is 11.3 Å². The first-order valence-electron chi connectivity index (χ1n) is 9.24. The van der Waals surface area contributed by atoms with Crippen molar-refractivity contribution in [2.45, 2.75) is 6.54 Å². The zero-order valence-electron chi connectivity index (χ0n) is 15.6. The Morgan fingerprint density at radius 3 is 2.32 bits per heavy atom. The third-order valence-electron chi connectivity index (χ3n) is 4.57. The predicted octanol–water partition coefficient (Wildman–Crippen LogP) is 0.939. The summed E-state index contributed by atoms with van der Waals surface area (Å²) >= 11 is 1.31. The summed E-state index contributed by atoms with van der Waals surface area (Å²) in [6, 6.07) is 13.7. The Hall–Kier alpha value is -2.71. The molecule has 0 aliphatic carbocycles. The fraction of sp³-hybridized carbons (Fsp3) is 0.350. The van der Waals surface area contributed by atoms with E-state index in [0.717, 1.165) is 19.6 Å². The molecule has 0 atom stereocenters. The topological polar surface area (TPSA) is 81.8 Å². The molecule has 0 bridgehead atoms. The van der Waals surface area contributed by atoms with Gasteiger partial charge < -0.3 is 15.5 Å². The Labute approximate surface area is 168 Å². The average Bonchev–Trinajstić information content (AvgIpc) is 3.26. The molecule has 0 spiro atoms. The molecule has 1 aliphatic heterocycles. The van der Waals surface area contributed by atoms with Crippen molar-refractivity contribution < 1.29 is 14.4 Å².